The van der Waals surface area contributed by atoms with Gasteiger partial charge in [0.2, 0.25) is 5.91 Å². The molecule has 5 nitrogen and oxygen atoms in total. The van der Waals surface area contributed by atoms with E-state index in [0.29, 0.717) is 18.1 Å². The fourth-order valence-corrected chi connectivity index (χ4v) is 1.37. The number of carbonyl (C=O) groups excluding carboxylic acids is 1. The molecule has 0 fully saturated rings. The van der Waals surface area contributed by atoms with Crippen LogP contribution in [0.15, 0.2) is 6.20 Å². The molecule has 3 N–H and O–H groups in total. The van der Waals surface area contributed by atoms with Crippen molar-refractivity contribution in [2.75, 3.05) is 0 Å². The summed E-state index contributed by atoms with van der Waals surface area (Å²) in [7, 11) is 1.84. The number of rotatable bonds is 5. The second-order valence-corrected chi connectivity index (χ2v) is 3.90. The van der Waals surface area contributed by atoms with Crippen molar-refractivity contribution in [3.05, 3.63) is 17.2 Å². The van der Waals surface area contributed by atoms with E-state index >= 15 is 0 Å². The second kappa shape index (κ2) is 5.14. The van der Waals surface area contributed by atoms with Crippen LogP contribution in [0.5, 0.6) is 0 Å². The van der Waals surface area contributed by atoms with Crippen LogP contribution in [0.2, 0.25) is 5.15 Å². The maximum Gasteiger partial charge on any atom is 0.218 e. The zero-order valence-electron chi connectivity index (χ0n) is 8.83. The Bertz CT molecular complexity index is 350. The third-order valence-corrected chi connectivity index (χ3v) is 2.49. The predicted molar refractivity (Wildman–Crippen MR) is 58.3 cm³/mol. The van der Waals surface area contributed by atoms with E-state index in [2.05, 4.69) is 10.3 Å². The number of amides is 1. The van der Waals surface area contributed by atoms with Gasteiger partial charge in [-0.15, -0.1) is 0 Å². The molecule has 0 radical (unpaired) electrons. The van der Waals surface area contributed by atoms with Crippen LogP contribution in [0.1, 0.15) is 19.2 Å². The lowest BCUT2D eigenvalue weighted by Crippen LogP contribution is -2.31. The van der Waals surface area contributed by atoms with Gasteiger partial charge in [0, 0.05) is 19.5 Å². The van der Waals surface area contributed by atoms with Crippen molar-refractivity contribution in [1.29, 1.82) is 0 Å². The number of aromatic nitrogens is 2. The third-order valence-electron chi connectivity index (χ3n) is 2.14. The number of primary amides is 1. The van der Waals surface area contributed by atoms with Gasteiger partial charge in [-0.05, 0) is 6.92 Å². The first-order valence-corrected chi connectivity index (χ1v) is 5.06. The number of carbonyl (C=O) groups is 1. The smallest absolute Gasteiger partial charge is 0.218 e. The normalized spacial score (nSPS) is 12.7. The van der Waals surface area contributed by atoms with Gasteiger partial charge in [-0.25, -0.2) is 4.98 Å². The highest BCUT2D eigenvalue weighted by atomic mass is 35.5. The van der Waals surface area contributed by atoms with E-state index in [0.717, 1.165) is 5.82 Å². The summed E-state index contributed by atoms with van der Waals surface area (Å²) < 4.78 is 1.78. The van der Waals surface area contributed by atoms with Gasteiger partial charge in [0.25, 0.3) is 0 Å². The van der Waals surface area contributed by atoms with E-state index in [1.54, 1.807) is 10.8 Å². The lowest BCUT2D eigenvalue weighted by Gasteiger charge is -2.11. The van der Waals surface area contributed by atoms with Crippen LogP contribution in [0.25, 0.3) is 0 Å². The van der Waals surface area contributed by atoms with Gasteiger partial charge in [-0.3, -0.25) is 4.79 Å². The number of halogens is 1. The van der Waals surface area contributed by atoms with Crippen molar-refractivity contribution in [3.8, 4) is 0 Å². The molecular weight excluding hydrogens is 216 g/mol. The van der Waals surface area contributed by atoms with Crippen LogP contribution in [-0.2, 0) is 18.4 Å². The predicted octanol–water partition coefficient (Wildman–Crippen LogP) is 0.427. The summed E-state index contributed by atoms with van der Waals surface area (Å²) in [6.45, 7) is 2.47. The molecule has 0 saturated heterocycles. The third kappa shape index (κ3) is 3.53. The van der Waals surface area contributed by atoms with Crippen LogP contribution in [0.4, 0.5) is 0 Å². The highest BCUT2D eigenvalue weighted by Gasteiger charge is 2.08. The molecule has 1 aromatic heterocycles. The number of nitrogens with one attached hydrogen (secondary N) is 1. The summed E-state index contributed by atoms with van der Waals surface area (Å²) in [6.07, 6.45) is 1.91. The van der Waals surface area contributed by atoms with Crippen molar-refractivity contribution in [3.63, 3.8) is 0 Å². The summed E-state index contributed by atoms with van der Waals surface area (Å²) in [6, 6.07) is 0.0398. The minimum atomic E-state index is -0.312. The van der Waals surface area contributed by atoms with Gasteiger partial charge in [0.05, 0.1) is 12.7 Å². The molecular formula is C9H15ClN4O. The van der Waals surface area contributed by atoms with Crippen LogP contribution in [0, 0.1) is 0 Å². The fraction of sp³-hybridized carbons (Fsp3) is 0.556. The van der Waals surface area contributed by atoms with Gasteiger partial charge in [-0.2, -0.15) is 0 Å². The van der Waals surface area contributed by atoms with Gasteiger partial charge < -0.3 is 15.6 Å². The van der Waals surface area contributed by atoms with E-state index in [1.165, 1.54) is 0 Å². The number of nitrogens with two attached hydrogens (primary N) is 1. The molecule has 1 atom stereocenters. The Morgan fingerprint density at radius 2 is 2.47 bits per heavy atom. The maximum atomic E-state index is 10.6. The Morgan fingerprint density at radius 3 is 2.93 bits per heavy atom. The van der Waals surface area contributed by atoms with E-state index in [4.69, 9.17) is 17.3 Å². The van der Waals surface area contributed by atoms with E-state index in [9.17, 15) is 4.79 Å². The van der Waals surface area contributed by atoms with Crippen molar-refractivity contribution in [1.82, 2.24) is 14.9 Å². The Morgan fingerprint density at radius 1 is 1.80 bits per heavy atom. The number of imidazole rings is 1. The molecule has 0 saturated carbocycles. The Labute approximate surface area is 93.6 Å². The molecule has 0 aliphatic heterocycles. The summed E-state index contributed by atoms with van der Waals surface area (Å²) in [5.41, 5.74) is 5.08. The number of hydrogen-bond acceptors (Lipinski definition) is 3. The summed E-state index contributed by atoms with van der Waals surface area (Å²) >= 11 is 5.83. The monoisotopic (exact) mass is 230 g/mol. The molecule has 1 heterocycles. The Balaban J connectivity index is 2.43. The fourth-order valence-electron chi connectivity index (χ4n) is 1.23. The molecule has 0 aromatic carbocycles. The summed E-state index contributed by atoms with van der Waals surface area (Å²) in [4.78, 5) is 14.8. The largest absolute Gasteiger partial charge is 0.370 e. The van der Waals surface area contributed by atoms with Crippen LogP contribution < -0.4 is 11.1 Å². The van der Waals surface area contributed by atoms with Crippen molar-refractivity contribution >= 4 is 17.5 Å². The minimum absolute atomic E-state index is 0.0398. The standard InChI is InChI=1S/C9H15ClN4O/c1-6(3-8(11)15)12-5-9-13-4-7(10)14(9)2/h4,6,12H,3,5H2,1-2H3,(H2,11,15). The topological polar surface area (TPSA) is 72.9 Å². The Hall–Kier alpha value is -1.07. The van der Waals surface area contributed by atoms with Gasteiger partial charge >= 0.3 is 0 Å². The van der Waals surface area contributed by atoms with Gasteiger partial charge in [-0.1, -0.05) is 11.6 Å². The quantitative estimate of drug-likeness (QED) is 0.771. The van der Waals surface area contributed by atoms with Crippen molar-refractivity contribution in [2.24, 2.45) is 12.8 Å². The van der Waals surface area contributed by atoms with Crippen LogP contribution >= 0.6 is 11.6 Å². The number of hydrogen-bond donors (Lipinski definition) is 2. The zero-order valence-corrected chi connectivity index (χ0v) is 9.58. The zero-order chi connectivity index (χ0) is 11.4. The van der Waals surface area contributed by atoms with Gasteiger partial charge in [0.15, 0.2) is 0 Å². The van der Waals surface area contributed by atoms with E-state index < -0.39 is 0 Å². The van der Waals surface area contributed by atoms with Crippen LogP contribution in [0.3, 0.4) is 0 Å². The average Bonchev–Trinajstić information content (AvgIpc) is 2.44. The maximum absolute atomic E-state index is 10.6. The molecule has 0 bridgehead atoms. The summed E-state index contributed by atoms with van der Waals surface area (Å²) in [5, 5.41) is 3.73. The molecule has 84 valence electrons. The SMILES string of the molecule is CC(CC(N)=O)NCc1ncc(Cl)n1C. The molecule has 0 aliphatic rings. The molecule has 6 heteroatoms. The van der Waals surface area contributed by atoms with Crippen LogP contribution in [-0.4, -0.2) is 21.5 Å². The first kappa shape index (κ1) is 12.0. The molecule has 15 heavy (non-hydrogen) atoms. The minimum Gasteiger partial charge on any atom is -0.370 e. The Kier molecular flexibility index (Phi) is 4.11. The molecule has 0 spiro atoms. The summed E-state index contributed by atoms with van der Waals surface area (Å²) in [5.74, 6) is 0.518. The lowest BCUT2D eigenvalue weighted by molar-refractivity contribution is -0.118. The molecule has 1 amide bonds. The molecule has 1 aromatic rings. The van der Waals surface area contributed by atoms with E-state index in [1.807, 2.05) is 14.0 Å². The molecule has 0 aliphatic carbocycles. The highest BCUT2D eigenvalue weighted by Crippen LogP contribution is 2.08. The second-order valence-electron chi connectivity index (χ2n) is 3.51. The van der Waals surface area contributed by atoms with Crippen molar-refractivity contribution < 1.29 is 4.79 Å². The van der Waals surface area contributed by atoms with Crippen molar-refractivity contribution in [2.45, 2.75) is 25.9 Å². The number of nitrogens with zero attached hydrogens (tertiary/aromatic N) is 2. The van der Waals surface area contributed by atoms with Gasteiger partial charge in [0.1, 0.15) is 11.0 Å². The lowest BCUT2D eigenvalue weighted by atomic mass is 10.2. The van der Waals surface area contributed by atoms with E-state index in [-0.39, 0.29) is 11.9 Å². The molecule has 1 rings (SSSR count). The molecule has 1 unspecified atom stereocenters. The first-order valence-electron chi connectivity index (χ1n) is 4.68. The average molecular weight is 231 g/mol. The highest BCUT2D eigenvalue weighted by molar-refractivity contribution is 6.29. The first-order chi connectivity index (χ1) is 7.00.